The third kappa shape index (κ3) is 3.66. The van der Waals surface area contributed by atoms with Gasteiger partial charge in [0.15, 0.2) is 0 Å². The maximum atomic E-state index is 13.0. The molecule has 1 N–H and O–H groups in total. The summed E-state index contributed by atoms with van der Waals surface area (Å²) in [4.78, 5) is 27.5. The second kappa shape index (κ2) is 8.09. The molecule has 0 radical (unpaired) electrons. The van der Waals surface area contributed by atoms with Gasteiger partial charge in [0, 0.05) is 20.7 Å². The molecule has 6 heteroatoms. The van der Waals surface area contributed by atoms with E-state index >= 15 is 0 Å². The summed E-state index contributed by atoms with van der Waals surface area (Å²) in [6, 6.07) is 20.4. The molecule has 150 valence electrons. The lowest BCUT2D eigenvalue weighted by Crippen LogP contribution is -2.29. The molecule has 1 unspecified atom stereocenters. The minimum atomic E-state index is -0.753. The van der Waals surface area contributed by atoms with Gasteiger partial charge in [0.1, 0.15) is 5.76 Å². The van der Waals surface area contributed by atoms with Crippen molar-refractivity contribution in [3.63, 3.8) is 0 Å². The van der Waals surface area contributed by atoms with Gasteiger partial charge < -0.3 is 5.11 Å². The molecule has 1 amide bonds. The zero-order valence-electron chi connectivity index (χ0n) is 16.0. The van der Waals surface area contributed by atoms with Crippen molar-refractivity contribution in [1.29, 1.82) is 0 Å². The zero-order chi connectivity index (χ0) is 21.4. The van der Waals surface area contributed by atoms with Gasteiger partial charge in [-0.15, -0.1) is 0 Å². The first-order chi connectivity index (χ1) is 14.4. The molecule has 0 aliphatic carbocycles. The highest BCUT2D eigenvalue weighted by atomic mass is 79.9. The molecule has 1 heterocycles. The number of aryl methyl sites for hydroxylation is 1. The van der Waals surface area contributed by atoms with E-state index in [0.29, 0.717) is 21.8 Å². The number of nitrogens with zero attached hydrogens (tertiary/aromatic N) is 1. The van der Waals surface area contributed by atoms with Crippen molar-refractivity contribution in [1.82, 2.24) is 0 Å². The van der Waals surface area contributed by atoms with Crippen molar-refractivity contribution >= 4 is 50.7 Å². The molecule has 4 rings (SSSR count). The average Bonchev–Trinajstić information content (AvgIpc) is 3.00. The van der Waals surface area contributed by atoms with E-state index in [4.69, 9.17) is 11.6 Å². The Morgan fingerprint density at radius 3 is 2.13 bits per heavy atom. The maximum Gasteiger partial charge on any atom is 0.300 e. The number of amides is 1. The van der Waals surface area contributed by atoms with E-state index in [1.54, 1.807) is 36.4 Å². The highest BCUT2D eigenvalue weighted by Gasteiger charge is 2.46. The fourth-order valence-corrected chi connectivity index (χ4v) is 3.92. The Balaban J connectivity index is 1.93. The smallest absolute Gasteiger partial charge is 0.300 e. The van der Waals surface area contributed by atoms with Crippen LogP contribution < -0.4 is 4.90 Å². The van der Waals surface area contributed by atoms with Crippen LogP contribution in [0.4, 0.5) is 5.69 Å². The van der Waals surface area contributed by atoms with Crippen LogP contribution in [0.3, 0.4) is 0 Å². The zero-order valence-corrected chi connectivity index (χ0v) is 18.3. The lowest BCUT2D eigenvalue weighted by Gasteiger charge is -2.25. The van der Waals surface area contributed by atoms with E-state index in [0.717, 1.165) is 10.0 Å². The number of rotatable bonds is 3. The highest BCUT2D eigenvalue weighted by molar-refractivity contribution is 9.10. The summed E-state index contributed by atoms with van der Waals surface area (Å²) in [5.41, 5.74) is 2.81. The van der Waals surface area contributed by atoms with Crippen molar-refractivity contribution in [3.8, 4) is 0 Å². The third-order valence-corrected chi connectivity index (χ3v) is 5.84. The van der Waals surface area contributed by atoms with Crippen molar-refractivity contribution in [3.05, 3.63) is 105 Å². The van der Waals surface area contributed by atoms with Crippen LogP contribution in [0.15, 0.2) is 82.8 Å². The molecule has 3 aromatic rings. The second-order valence-electron chi connectivity index (χ2n) is 7.06. The van der Waals surface area contributed by atoms with Crippen LogP contribution in [0.1, 0.15) is 22.7 Å². The topological polar surface area (TPSA) is 57.6 Å². The number of anilines is 1. The number of aliphatic hydroxyl groups excluding tert-OH is 1. The summed E-state index contributed by atoms with van der Waals surface area (Å²) >= 11 is 9.36. The van der Waals surface area contributed by atoms with E-state index in [9.17, 15) is 14.7 Å². The molecular formula is C24H17BrClNO3. The molecule has 30 heavy (non-hydrogen) atoms. The Morgan fingerprint density at radius 2 is 1.53 bits per heavy atom. The Bertz CT molecular complexity index is 1150. The largest absolute Gasteiger partial charge is 0.507 e. The molecule has 1 aliphatic rings. The number of carbonyl (C=O) groups excluding carboxylic acids is 2. The Hall–Kier alpha value is -2.89. The number of Topliss-reactive ketones (excluding diaryl/α,β-unsaturated/α-hetero) is 1. The van der Waals surface area contributed by atoms with Gasteiger partial charge in [-0.05, 0) is 61.0 Å². The molecule has 1 aliphatic heterocycles. The number of benzene rings is 3. The van der Waals surface area contributed by atoms with Gasteiger partial charge in [-0.2, -0.15) is 0 Å². The Kier molecular flexibility index (Phi) is 5.50. The fourth-order valence-electron chi connectivity index (χ4n) is 3.53. The first-order valence-corrected chi connectivity index (χ1v) is 10.4. The minimum absolute atomic E-state index is 0.0465. The summed E-state index contributed by atoms with van der Waals surface area (Å²) < 4.78 is 0.872. The lowest BCUT2D eigenvalue weighted by molar-refractivity contribution is -0.132. The lowest BCUT2D eigenvalue weighted by atomic mass is 9.95. The predicted molar refractivity (Wildman–Crippen MR) is 122 cm³/mol. The van der Waals surface area contributed by atoms with Crippen LogP contribution in [0.2, 0.25) is 5.02 Å². The van der Waals surface area contributed by atoms with Crippen LogP contribution in [-0.2, 0) is 9.59 Å². The second-order valence-corrected chi connectivity index (χ2v) is 8.42. The Labute approximate surface area is 187 Å². The number of ketones is 1. The molecule has 1 fully saturated rings. The molecule has 3 aromatic carbocycles. The maximum absolute atomic E-state index is 13.0. The van der Waals surface area contributed by atoms with Gasteiger partial charge in [-0.25, -0.2) is 0 Å². The van der Waals surface area contributed by atoms with E-state index in [2.05, 4.69) is 15.9 Å². The quantitative estimate of drug-likeness (QED) is 0.281. The van der Waals surface area contributed by atoms with Gasteiger partial charge in [0.2, 0.25) is 0 Å². The number of hydrogen-bond acceptors (Lipinski definition) is 3. The first-order valence-electron chi connectivity index (χ1n) is 9.26. The van der Waals surface area contributed by atoms with Crippen LogP contribution in [0.5, 0.6) is 0 Å². The van der Waals surface area contributed by atoms with Crippen molar-refractivity contribution in [2.24, 2.45) is 0 Å². The normalized spacial score (nSPS) is 18.1. The molecule has 1 saturated heterocycles. The van der Waals surface area contributed by atoms with Gasteiger partial charge in [-0.1, -0.05) is 57.4 Å². The third-order valence-electron chi connectivity index (χ3n) is 5.06. The summed E-state index contributed by atoms with van der Waals surface area (Å²) in [5.74, 6) is -1.63. The van der Waals surface area contributed by atoms with Crippen LogP contribution in [0, 0.1) is 6.92 Å². The van der Waals surface area contributed by atoms with Gasteiger partial charge in [0.05, 0.1) is 11.6 Å². The molecule has 0 saturated carbocycles. The van der Waals surface area contributed by atoms with Crippen molar-refractivity contribution in [2.45, 2.75) is 13.0 Å². The molecule has 0 bridgehead atoms. The van der Waals surface area contributed by atoms with Crippen LogP contribution >= 0.6 is 27.5 Å². The minimum Gasteiger partial charge on any atom is -0.507 e. The van der Waals surface area contributed by atoms with Crippen LogP contribution in [0.25, 0.3) is 5.76 Å². The fraction of sp³-hybridized carbons (Fsp3) is 0.0833. The van der Waals surface area contributed by atoms with E-state index in [1.807, 2.05) is 43.3 Å². The molecule has 0 aromatic heterocycles. The molecule has 0 spiro atoms. The summed E-state index contributed by atoms with van der Waals surface area (Å²) in [6.45, 7) is 1.95. The predicted octanol–water partition coefficient (Wildman–Crippen LogP) is 6.04. The molecule has 1 atom stereocenters. The first kappa shape index (κ1) is 20.4. The van der Waals surface area contributed by atoms with Crippen molar-refractivity contribution in [2.75, 3.05) is 4.90 Å². The summed E-state index contributed by atoms with van der Waals surface area (Å²) in [7, 11) is 0. The number of halogens is 2. The SMILES string of the molecule is Cc1ccc(N2C(=O)C(=O)/C(=C(\O)c3ccc(Cl)cc3)C2c2ccc(Br)cc2)cc1. The van der Waals surface area contributed by atoms with Gasteiger partial charge in [0.25, 0.3) is 11.7 Å². The number of carbonyl (C=O) groups is 2. The number of aliphatic hydroxyl groups is 1. The van der Waals surface area contributed by atoms with Gasteiger partial charge >= 0.3 is 0 Å². The van der Waals surface area contributed by atoms with Gasteiger partial charge in [-0.3, -0.25) is 14.5 Å². The monoisotopic (exact) mass is 481 g/mol. The Morgan fingerprint density at radius 1 is 0.933 bits per heavy atom. The average molecular weight is 483 g/mol. The molecular weight excluding hydrogens is 466 g/mol. The van der Waals surface area contributed by atoms with E-state index in [1.165, 1.54) is 4.90 Å². The number of hydrogen-bond donors (Lipinski definition) is 1. The summed E-state index contributed by atoms with van der Waals surface area (Å²) in [5, 5.41) is 11.5. The highest BCUT2D eigenvalue weighted by Crippen LogP contribution is 2.42. The standard InChI is InChI=1S/C24H17BrClNO3/c1-14-2-12-19(13-3-14)27-21(15-4-8-17(25)9-5-15)20(23(29)24(27)30)22(28)16-6-10-18(26)11-7-16/h2-13,21,28H,1H3/b22-20-. The van der Waals surface area contributed by atoms with E-state index in [-0.39, 0.29) is 11.3 Å². The molecule has 4 nitrogen and oxygen atoms in total. The van der Waals surface area contributed by atoms with E-state index < -0.39 is 17.7 Å². The van der Waals surface area contributed by atoms with Crippen molar-refractivity contribution < 1.29 is 14.7 Å². The summed E-state index contributed by atoms with van der Waals surface area (Å²) in [6.07, 6.45) is 0. The van der Waals surface area contributed by atoms with Crippen LogP contribution in [-0.4, -0.2) is 16.8 Å².